The number of aryl methyl sites for hydroxylation is 1. The van der Waals surface area contributed by atoms with Crippen LogP contribution in [0.1, 0.15) is 48.8 Å². The Morgan fingerprint density at radius 3 is 2.25 bits per heavy atom. The number of nitriles is 1. The van der Waals surface area contributed by atoms with Gasteiger partial charge in [-0.05, 0) is 59.6 Å². The van der Waals surface area contributed by atoms with Crippen molar-refractivity contribution in [1.82, 2.24) is 19.6 Å². The maximum absolute atomic E-state index is 14.1. The first-order valence-electron chi connectivity index (χ1n) is 18.3. The number of methoxy groups -OCH3 is 3. The smallest absolute Gasteiger partial charge is 0.359 e. The Hall–Kier alpha value is -5.97. The third-order valence-electron chi connectivity index (χ3n) is 10.6. The van der Waals surface area contributed by atoms with Crippen molar-refractivity contribution in [2.75, 3.05) is 34.5 Å². The average molecular weight is 774 g/mol. The fourth-order valence-electron chi connectivity index (χ4n) is 6.47. The van der Waals surface area contributed by atoms with E-state index >= 15 is 0 Å². The van der Waals surface area contributed by atoms with Gasteiger partial charge in [-0.3, -0.25) is 9.48 Å². The lowest BCUT2D eigenvalue weighted by Crippen LogP contribution is -2.41. The maximum Gasteiger partial charge on any atom is 0.359 e. The Morgan fingerprint density at radius 1 is 0.893 bits per heavy atom. The van der Waals surface area contributed by atoms with Gasteiger partial charge in [0.2, 0.25) is 0 Å². The van der Waals surface area contributed by atoms with Gasteiger partial charge in [-0.2, -0.15) is 15.5 Å². The topological polar surface area (TPSA) is 140 Å². The van der Waals surface area contributed by atoms with Crippen LogP contribution in [0.3, 0.4) is 0 Å². The van der Waals surface area contributed by atoms with Crippen molar-refractivity contribution < 1.29 is 28.2 Å². The summed E-state index contributed by atoms with van der Waals surface area (Å²) >= 11 is 0. The second-order valence-electron chi connectivity index (χ2n) is 15.0. The van der Waals surface area contributed by atoms with E-state index in [1.165, 1.54) is 18.9 Å². The van der Waals surface area contributed by atoms with E-state index < -0.39 is 19.8 Å². The minimum Gasteiger partial charge on any atom is -0.497 e. The molecule has 0 aliphatic heterocycles. The molecule has 4 aromatic carbocycles. The summed E-state index contributed by atoms with van der Waals surface area (Å²) in [5.74, 6) is 0.807. The predicted octanol–water partition coefficient (Wildman–Crippen LogP) is 8.13. The lowest BCUT2D eigenvalue weighted by atomic mass is 9.92. The van der Waals surface area contributed by atoms with Gasteiger partial charge in [-0.1, -0.05) is 57.2 Å². The molecule has 0 unspecified atom stereocenters. The van der Waals surface area contributed by atoms with Crippen molar-refractivity contribution in [3.63, 3.8) is 0 Å². The molecule has 0 aliphatic rings. The minimum atomic E-state index is -1.90. The lowest BCUT2D eigenvalue weighted by molar-refractivity contribution is 0.0593. The average Bonchev–Trinajstić information content (AvgIpc) is 3.58. The highest BCUT2D eigenvalue weighted by atomic mass is 28.4. The molecule has 0 amide bonds. The summed E-state index contributed by atoms with van der Waals surface area (Å²) in [6, 6.07) is 22.6. The molecule has 0 saturated heterocycles. The van der Waals surface area contributed by atoms with E-state index in [0.29, 0.717) is 59.1 Å². The Bertz CT molecular complexity index is 2530. The molecule has 0 bridgehead atoms. The van der Waals surface area contributed by atoms with Crippen LogP contribution >= 0.6 is 0 Å². The van der Waals surface area contributed by atoms with E-state index in [4.69, 9.17) is 23.4 Å². The van der Waals surface area contributed by atoms with Gasteiger partial charge >= 0.3 is 5.97 Å². The number of hydrogen-bond acceptors (Lipinski definition) is 10. The zero-order valence-electron chi connectivity index (χ0n) is 33.4. The first kappa shape index (κ1) is 39.7. The molecule has 13 heteroatoms. The van der Waals surface area contributed by atoms with Gasteiger partial charge < -0.3 is 23.4 Å². The highest BCUT2D eigenvalue weighted by molar-refractivity contribution is 6.74. The van der Waals surface area contributed by atoms with Gasteiger partial charge in [0.05, 0.1) is 57.3 Å². The second-order valence-corrected chi connectivity index (χ2v) is 19.9. The number of carbonyl (C=O) groups is 1. The molecular formula is C43H47N5O7Si. The fourth-order valence-corrected chi connectivity index (χ4v) is 7.56. The summed E-state index contributed by atoms with van der Waals surface area (Å²) in [7, 11) is 4.20. The van der Waals surface area contributed by atoms with Crippen molar-refractivity contribution in [3.8, 4) is 45.7 Å². The Balaban J connectivity index is 1.46. The monoisotopic (exact) mass is 773 g/mol. The van der Waals surface area contributed by atoms with Crippen LogP contribution in [0.15, 0.2) is 77.7 Å². The second kappa shape index (κ2) is 16.0. The summed E-state index contributed by atoms with van der Waals surface area (Å²) < 4.78 is 32.0. The molecule has 2 aromatic heterocycles. The van der Waals surface area contributed by atoms with E-state index in [1.807, 2.05) is 42.5 Å². The predicted molar refractivity (Wildman–Crippen MR) is 219 cm³/mol. The van der Waals surface area contributed by atoms with Crippen LogP contribution in [0.5, 0.6) is 17.2 Å². The van der Waals surface area contributed by atoms with E-state index in [1.54, 1.807) is 49.3 Å². The summed E-state index contributed by atoms with van der Waals surface area (Å²) in [5.41, 5.74) is 3.16. The Labute approximate surface area is 327 Å². The minimum absolute atomic E-state index is 0.0576. The number of hydrogen-bond donors (Lipinski definition) is 0. The Morgan fingerprint density at radius 2 is 1.61 bits per heavy atom. The van der Waals surface area contributed by atoms with Gasteiger partial charge in [0.15, 0.2) is 14.0 Å². The SMILES string of the molecule is COC(=O)c1nn(Cc2ccc(OC)cc2)c(=O)c2c(OC)cc(-c3cnn(C)c3-c3cc(OCCCO[Si](C)(C)C(C)(C)C)c4ccccc4c3C#N)cc12. The van der Waals surface area contributed by atoms with Crippen LogP contribution in [-0.4, -0.2) is 68.4 Å². The summed E-state index contributed by atoms with van der Waals surface area (Å²) in [4.78, 5) is 27.4. The Kier molecular flexibility index (Phi) is 11.4. The van der Waals surface area contributed by atoms with E-state index in [0.717, 1.165) is 16.3 Å². The largest absolute Gasteiger partial charge is 0.497 e. The molecule has 6 aromatic rings. The van der Waals surface area contributed by atoms with Crippen LogP contribution in [-0.2, 0) is 22.8 Å². The molecule has 0 fully saturated rings. The summed E-state index contributed by atoms with van der Waals surface area (Å²) in [5, 5.41) is 21.8. The molecule has 12 nitrogen and oxygen atoms in total. The quantitative estimate of drug-likeness (QED) is 0.0642. The van der Waals surface area contributed by atoms with Crippen molar-refractivity contribution in [1.29, 1.82) is 5.26 Å². The van der Waals surface area contributed by atoms with Crippen LogP contribution in [0.2, 0.25) is 18.1 Å². The van der Waals surface area contributed by atoms with Crippen LogP contribution in [0.25, 0.3) is 43.9 Å². The third-order valence-corrected chi connectivity index (χ3v) is 15.1. The van der Waals surface area contributed by atoms with Gasteiger partial charge in [0, 0.05) is 47.4 Å². The maximum atomic E-state index is 14.1. The van der Waals surface area contributed by atoms with Crippen LogP contribution in [0, 0.1) is 11.3 Å². The molecule has 6 rings (SSSR count). The number of fused-ring (bicyclic) bond motifs is 2. The van der Waals surface area contributed by atoms with Gasteiger partial charge in [-0.15, -0.1) is 0 Å². The molecule has 0 atom stereocenters. The van der Waals surface area contributed by atoms with E-state index in [2.05, 4.69) is 50.1 Å². The molecule has 0 spiro atoms. The number of rotatable bonds is 13. The van der Waals surface area contributed by atoms with Crippen LogP contribution < -0.4 is 19.8 Å². The lowest BCUT2D eigenvalue weighted by Gasteiger charge is -2.36. The molecule has 0 radical (unpaired) electrons. The van der Waals surface area contributed by atoms with Crippen molar-refractivity contribution in [3.05, 3.63) is 100 Å². The number of nitrogens with zero attached hydrogens (tertiary/aromatic N) is 5. The van der Waals surface area contributed by atoms with Crippen molar-refractivity contribution in [2.24, 2.45) is 7.05 Å². The number of esters is 1. The first-order chi connectivity index (χ1) is 26.7. The van der Waals surface area contributed by atoms with E-state index in [9.17, 15) is 14.9 Å². The summed E-state index contributed by atoms with van der Waals surface area (Å²) in [6.07, 6.45) is 2.38. The molecule has 0 aliphatic carbocycles. The fraction of sp³-hybridized carbons (Fsp3) is 0.326. The molecule has 0 N–H and O–H groups in total. The normalized spacial score (nSPS) is 11.8. The number of aromatic nitrogens is 4. The molecule has 0 saturated carbocycles. The van der Waals surface area contributed by atoms with Crippen molar-refractivity contribution in [2.45, 2.75) is 51.9 Å². The third kappa shape index (κ3) is 7.62. The zero-order valence-corrected chi connectivity index (χ0v) is 34.4. The van der Waals surface area contributed by atoms with Gasteiger partial charge in [0.1, 0.15) is 23.3 Å². The standard InChI is InChI=1S/C43H47N5O7Si/c1-43(2,3)56(8,9)55-20-12-19-54-36-23-32(34(24-44)30-13-10-11-14-31(30)36)40-35(25-45-47(40)4)28-21-33-38(37(22-28)52-6)41(49)48(46-39(33)42(50)53-7)26-27-15-17-29(51-5)18-16-27/h10-11,13-18,21-23,25H,12,19-20,26H2,1-9H3. The van der Waals surface area contributed by atoms with Crippen LogP contribution in [0.4, 0.5) is 0 Å². The highest BCUT2D eigenvalue weighted by Gasteiger charge is 2.37. The van der Waals surface area contributed by atoms with Crippen molar-refractivity contribution >= 4 is 35.8 Å². The molecule has 56 heavy (non-hydrogen) atoms. The zero-order chi connectivity index (χ0) is 40.4. The number of carbonyl (C=O) groups excluding carboxylic acids is 1. The molecule has 290 valence electrons. The van der Waals surface area contributed by atoms with Gasteiger partial charge in [-0.25, -0.2) is 9.48 Å². The van der Waals surface area contributed by atoms with E-state index in [-0.39, 0.29) is 33.8 Å². The molecule has 2 heterocycles. The number of benzene rings is 4. The molecular weight excluding hydrogens is 727 g/mol. The highest BCUT2D eigenvalue weighted by Crippen LogP contribution is 2.42. The van der Waals surface area contributed by atoms with Gasteiger partial charge in [0.25, 0.3) is 5.56 Å². The first-order valence-corrected chi connectivity index (χ1v) is 21.2. The number of ether oxygens (including phenoxy) is 4. The summed E-state index contributed by atoms with van der Waals surface area (Å²) in [6.45, 7) is 12.2.